The molecule has 29 heavy (non-hydrogen) atoms. The van der Waals surface area contributed by atoms with Crippen molar-refractivity contribution in [3.05, 3.63) is 93.1 Å². The van der Waals surface area contributed by atoms with Crippen LogP contribution < -0.4 is 0 Å². The van der Waals surface area contributed by atoms with E-state index in [-0.39, 0.29) is 17.7 Å². The number of benzene rings is 2. The molecule has 0 N–H and O–H groups in total. The summed E-state index contributed by atoms with van der Waals surface area (Å²) in [6.07, 6.45) is 1.80. The molecule has 0 radical (unpaired) electrons. The lowest BCUT2D eigenvalue weighted by atomic mass is 10.2. The molecule has 1 saturated heterocycles. The van der Waals surface area contributed by atoms with E-state index in [1.54, 1.807) is 6.08 Å². The average Bonchev–Trinajstić information content (AvgIpc) is 3.13. The molecule has 0 unspecified atom stereocenters. The van der Waals surface area contributed by atoms with Crippen LogP contribution in [0, 0.1) is 13.8 Å². The van der Waals surface area contributed by atoms with Gasteiger partial charge in [-0.05, 0) is 61.0 Å². The van der Waals surface area contributed by atoms with Gasteiger partial charge in [0.2, 0.25) is 0 Å². The Morgan fingerprint density at radius 1 is 1.00 bits per heavy atom. The number of nitrogens with zero attached hydrogens (tertiary/aromatic N) is 2. The van der Waals surface area contributed by atoms with Gasteiger partial charge < -0.3 is 4.57 Å². The third-order valence-corrected chi connectivity index (χ3v) is 6.13. The summed E-state index contributed by atoms with van der Waals surface area (Å²) in [5.41, 5.74) is 4.68. The van der Waals surface area contributed by atoms with Crippen molar-refractivity contribution in [3.8, 4) is 5.69 Å². The van der Waals surface area contributed by atoms with Crippen molar-refractivity contribution in [2.24, 2.45) is 0 Å². The molecule has 1 aromatic heterocycles. The number of carbonyl (C=O) groups is 2. The maximum atomic E-state index is 12.8. The Bertz CT molecular complexity index is 1140. The van der Waals surface area contributed by atoms with Crippen LogP contribution in [0.4, 0.5) is 4.79 Å². The van der Waals surface area contributed by atoms with Crippen molar-refractivity contribution in [2.45, 2.75) is 20.4 Å². The van der Waals surface area contributed by atoms with Crippen LogP contribution >= 0.6 is 23.4 Å². The monoisotopic (exact) mass is 422 g/mol. The second kappa shape index (κ2) is 7.93. The first-order valence-electron chi connectivity index (χ1n) is 9.19. The molecule has 0 spiro atoms. The predicted molar refractivity (Wildman–Crippen MR) is 118 cm³/mol. The normalized spacial score (nSPS) is 15.6. The predicted octanol–water partition coefficient (Wildman–Crippen LogP) is 5.98. The summed E-state index contributed by atoms with van der Waals surface area (Å²) in [7, 11) is 0. The summed E-state index contributed by atoms with van der Waals surface area (Å²) in [5.74, 6) is -0.258. The Balaban J connectivity index is 1.65. The third-order valence-electron chi connectivity index (χ3n) is 4.91. The summed E-state index contributed by atoms with van der Waals surface area (Å²) in [4.78, 5) is 27.0. The van der Waals surface area contributed by atoms with Gasteiger partial charge in [-0.2, -0.15) is 0 Å². The number of aryl methyl sites for hydroxylation is 1. The minimum absolute atomic E-state index is 0.245. The van der Waals surface area contributed by atoms with Crippen LogP contribution in [-0.4, -0.2) is 20.6 Å². The average molecular weight is 423 g/mol. The van der Waals surface area contributed by atoms with Gasteiger partial charge in [0, 0.05) is 11.4 Å². The first-order chi connectivity index (χ1) is 14.0. The fourth-order valence-electron chi connectivity index (χ4n) is 3.48. The number of thioether (sulfide) groups is 1. The molecular weight excluding hydrogens is 404 g/mol. The summed E-state index contributed by atoms with van der Waals surface area (Å²) in [6.45, 7) is 4.26. The summed E-state index contributed by atoms with van der Waals surface area (Å²) in [6, 6.07) is 19.2. The standard InChI is InChI=1S/C23H19ClN2O2S/c1-15-12-18(16(2)26(15)20-11-7-6-10-19(20)24)13-21-22(27)25(23(28)29-21)14-17-8-4-3-5-9-17/h3-13H,14H2,1-2H3/b21-13-. The zero-order valence-electron chi connectivity index (χ0n) is 16.1. The van der Waals surface area contributed by atoms with E-state index in [2.05, 4.69) is 4.57 Å². The van der Waals surface area contributed by atoms with Crippen molar-refractivity contribution in [1.29, 1.82) is 0 Å². The largest absolute Gasteiger partial charge is 0.316 e. The minimum Gasteiger partial charge on any atom is -0.316 e. The van der Waals surface area contributed by atoms with E-state index < -0.39 is 0 Å². The Labute approximate surface area is 178 Å². The fourth-order valence-corrected chi connectivity index (χ4v) is 4.53. The van der Waals surface area contributed by atoms with Crippen LogP contribution in [0.25, 0.3) is 11.8 Å². The third kappa shape index (κ3) is 3.76. The van der Waals surface area contributed by atoms with Crippen LogP contribution in [0.5, 0.6) is 0 Å². The van der Waals surface area contributed by atoms with Gasteiger partial charge in [0.15, 0.2) is 0 Å². The van der Waals surface area contributed by atoms with Crippen LogP contribution in [0.15, 0.2) is 65.6 Å². The van der Waals surface area contributed by atoms with Crippen molar-refractivity contribution < 1.29 is 9.59 Å². The van der Waals surface area contributed by atoms with Crippen LogP contribution in [0.1, 0.15) is 22.5 Å². The van der Waals surface area contributed by atoms with Crippen molar-refractivity contribution in [3.63, 3.8) is 0 Å². The number of rotatable bonds is 4. The van der Waals surface area contributed by atoms with Gasteiger partial charge in [-0.15, -0.1) is 0 Å². The van der Waals surface area contributed by atoms with E-state index in [9.17, 15) is 9.59 Å². The zero-order chi connectivity index (χ0) is 20.5. The SMILES string of the molecule is Cc1cc(/C=C2\SC(=O)N(Cc3ccccc3)C2=O)c(C)n1-c1ccccc1Cl. The Kier molecular flexibility index (Phi) is 5.35. The number of imide groups is 1. The van der Waals surface area contributed by atoms with Crippen molar-refractivity contribution in [2.75, 3.05) is 0 Å². The van der Waals surface area contributed by atoms with Gasteiger partial charge in [0.25, 0.3) is 11.1 Å². The van der Waals surface area contributed by atoms with Crippen LogP contribution in [0.3, 0.4) is 0 Å². The summed E-state index contributed by atoms with van der Waals surface area (Å²) >= 11 is 7.36. The number of aromatic nitrogens is 1. The Morgan fingerprint density at radius 2 is 1.69 bits per heavy atom. The van der Waals surface area contributed by atoms with Gasteiger partial charge in [-0.3, -0.25) is 14.5 Å². The molecule has 0 bridgehead atoms. The van der Waals surface area contributed by atoms with Crippen LogP contribution in [0.2, 0.25) is 5.02 Å². The highest BCUT2D eigenvalue weighted by molar-refractivity contribution is 8.18. The molecule has 0 atom stereocenters. The van der Waals surface area contributed by atoms with Crippen molar-refractivity contribution >= 4 is 40.6 Å². The molecule has 6 heteroatoms. The molecule has 0 saturated carbocycles. The molecule has 2 aromatic carbocycles. The van der Waals surface area contributed by atoms with Gasteiger partial charge in [-0.25, -0.2) is 0 Å². The molecule has 2 heterocycles. The Hall–Kier alpha value is -2.76. The van der Waals surface area contributed by atoms with E-state index in [1.165, 1.54) is 4.90 Å². The molecule has 1 fully saturated rings. The summed E-state index contributed by atoms with van der Waals surface area (Å²) in [5, 5.41) is 0.411. The molecule has 1 aliphatic heterocycles. The molecule has 2 amide bonds. The molecular formula is C23H19ClN2O2S. The zero-order valence-corrected chi connectivity index (χ0v) is 17.6. The first-order valence-corrected chi connectivity index (χ1v) is 10.4. The molecule has 1 aliphatic rings. The molecule has 0 aliphatic carbocycles. The Morgan fingerprint density at radius 3 is 2.41 bits per heavy atom. The topological polar surface area (TPSA) is 42.3 Å². The van der Waals surface area contributed by atoms with Gasteiger partial charge >= 0.3 is 0 Å². The smallest absolute Gasteiger partial charge is 0.293 e. The number of halogens is 1. The van der Waals surface area contributed by atoms with E-state index >= 15 is 0 Å². The lowest BCUT2D eigenvalue weighted by molar-refractivity contribution is -0.123. The quantitative estimate of drug-likeness (QED) is 0.485. The molecule has 4 nitrogen and oxygen atoms in total. The molecule has 3 aromatic rings. The summed E-state index contributed by atoms with van der Waals surface area (Å²) < 4.78 is 2.06. The number of amides is 2. The fraction of sp³-hybridized carbons (Fsp3) is 0.130. The lowest BCUT2D eigenvalue weighted by Crippen LogP contribution is -2.27. The number of hydrogen-bond donors (Lipinski definition) is 0. The van der Waals surface area contributed by atoms with Gasteiger partial charge in [0.1, 0.15) is 0 Å². The van der Waals surface area contributed by atoms with Crippen molar-refractivity contribution in [1.82, 2.24) is 9.47 Å². The minimum atomic E-state index is -0.258. The number of carbonyl (C=O) groups excluding carboxylic acids is 2. The number of hydrogen-bond acceptors (Lipinski definition) is 3. The van der Waals surface area contributed by atoms with E-state index in [0.717, 1.165) is 40.0 Å². The van der Waals surface area contributed by atoms with Gasteiger partial charge in [-0.1, -0.05) is 54.1 Å². The molecule has 146 valence electrons. The maximum Gasteiger partial charge on any atom is 0.293 e. The first kappa shape index (κ1) is 19.6. The van der Waals surface area contributed by atoms with E-state index in [4.69, 9.17) is 11.6 Å². The highest BCUT2D eigenvalue weighted by Gasteiger charge is 2.35. The molecule has 4 rings (SSSR count). The maximum absolute atomic E-state index is 12.8. The van der Waals surface area contributed by atoms with E-state index in [1.807, 2.05) is 74.5 Å². The number of para-hydroxylation sites is 1. The van der Waals surface area contributed by atoms with Gasteiger partial charge in [0.05, 0.1) is 22.2 Å². The highest BCUT2D eigenvalue weighted by Crippen LogP contribution is 2.35. The highest BCUT2D eigenvalue weighted by atomic mass is 35.5. The lowest BCUT2D eigenvalue weighted by Gasteiger charge is -2.12. The van der Waals surface area contributed by atoms with E-state index in [0.29, 0.717) is 9.93 Å². The second-order valence-corrected chi connectivity index (χ2v) is 8.27. The van der Waals surface area contributed by atoms with Crippen LogP contribution in [-0.2, 0) is 11.3 Å². The second-order valence-electron chi connectivity index (χ2n) is 6.87.